The van der Waals surface area contributed by atoms with Gasteiger partial charge in [-0.05, 0) is 32.0 Å². The van der Waals surface area contributed by atoms with E-state index in [1.807, 2.05) is 0 Å². The zero-order valence-corrected chi connectivity index (χ0v) is 13.5. The van der Waals surface area contributed by atoms with Gasteiger partial charge in [0.15, 0.2) is 0 Å². The van der Waals surface area contributed by atoms with Crippen LogP contribution in [0.25, 0.3) is 0 Å². The molecule has 0 fully saturated rings. The Hall–Kier alpha value is -0.170. The Morgan fingerprint density at radius 3 is 2.24 bits per heavy atom. The first-order valence-corrected chi connectivity index (χ1v) is 5.36. The number of terminal acetylenes is 1. The van der Waals surface area contributed by atoms with Gasteiger partial charge in [-0.1, -0.05) is 29.1 Å². The third-order valence-electron chi connectivity index (χ3n) is 1.91. The second kappa shape index (κ2) is 6.68. The standard InChI is InChI=1S/C12H11Cl2NO.Na.H/c1-4-12(2,3)15-11(16)8-5-9(13)7-10(14)6-8;;/h1,5-7H,2-3H3,(H,15,16);;/q;+1;-1. The van der Waals surface area contributed by atoms with Crippen LogP contribution in [0.2, 0.25) is 10.0 Å². The fraction of sp³-hybridized carbons (Fsp3) is 0.250. The van der Waals surface area contributed by atoms with Gasteiger partial charge >= 0.3 is 29.6 Å². The van der Waals surface area contributed by atoms with Crippen LogP contribution in [0, 0.1) is 12.3 Å². The number of benzene rings is 1. The van der Waals surface area contributed by atoms with Crippen molar-refractivity contribution < 1.29 is 35.8 Å². The molecule has 1 aromatic rings. The van der Waals surface area contributed by atoms with Crippen molar-refractivity contribution in [2.24, 2.45) is 0 Å². The SMILES string of the molecule is C#CC(C)(C)NC(=O)c1cc(Cl)cc(Cl)c1.[H-].[Na+]. The Balaban J connectivity index is 0. The molecule has 1 aromatic carbocycles. The summed E-state index contributed by atoms with van der Waals surface area (Å²) in [6.45, 7) is 3.47. The number of carbonyl (C=O) groups is 1. The van der Waals surface area contributed by atoms with Crippen LogP contribution in [0.5, 0.6) is 0 Å². The third kappa shape index (κ3) is 5.33. The van der Waals surface area contributed by atoms with E-state index in [4.69, 9.17) is 29.6 Å². The van der Waals surface area contributed by atoms with E-state index < -0.39 is 5.54 Å². The number of carbonyl (C=O) groups excluding carboxylic acids is 1. The van der Waals surface area contributed by atoms with E-state index in [1.165, 1.54) is 12.1 Å². The minimum atomic E-state index is -0.703. The normalized spacial score (nSPS) is 10.1. The van der Waals surface area contributed by atoms with Gasteiger partial charge in [-0.2, -0.15) is 0 Å². The fourth-order valence-electron chi connectivity index (χ4n) is 1.08. The molecule has 0 spiro atoms. The predicted octanol–water partition coefficient (Wildman–Crippen LogP) is 0.252. The van der Waals surface area contributed by atoms with Gasteiger partial charge in [-0.15, -0.1) is 6.42 Å². The van der Waals surface area contributed by atoms with Gasteiger partial charge in [0.2, 0.25) is 0 Å². The summed E-state index contributed by atoms with van der Waals surface area (Å²) in [6.07, 6.45) is 5.28. The average Bonchev–Trinajstić information content (AvgIpc) is 2.15. The predicted molar refractivity (Wildman–Crippen MR) is 68.0 cm³/mol. The van der Waals surface area contributed by atoms with Gasteiger partial charge in [0.1, 0.15) is 0 Å². The van der Waals surface area contributed by atoms with Crippen molar-refractivity contribution in [2.75, 3.05) is 0 Å². The van der Waals surface area contributed by atoms with Gasteiger partial charge in [0, 0.05) is 15.6 Å². The van der Waals surface area contributed by atoms with E-state index in [0.717, 1.165) is 0 Å². The van der Waals surface area contributed by atoms with Crippen LogP contribution in [0.1, 0.15) is 25.6 Å². The molecule has 0 aliphatic heterocycles. The maximum absolute atomic E-state index is 11.8. The Bertz CT molecular complexity index is 451. The van der Waals surface area contributed by atoms with E-state index in [2.05, 4.69) is 11.2 Å². The van der Waals surface area contributed by atoms with Crippen LogP contribution in [-0.4, -0.2) is 11.4 Å². The summed E-state index contributed by atoms with van der Waals surface area (Å²) in [5.74, 6) is 2.17. The van der Waals surface area contributed by atoms with Crippen LogP contribution in [0.15, 0.2) is 18.2 Å². The van der Waals surface area contributed by atoms with Crippen molar-refractivity contribution in [2.45, 2.75) is 19.4 Å². The molecule has 0 saturated carbocycles. The van der Waals surface area contributed by atoms with Crippen molar-refractivity contribution in [1.29, 1.82) is 0 Å². The Labute approximate surface area is 135 Å². The molecule has 0 heterocycles. The van der Waals surface area contributed by atoms with Crippen LogP contribution < -0.4 is 34.9 Å². The minimum absolute atomic E-state index is 0. The molecule has 0 saturated heterocycles. The first-order valence-electron chi connectivity index (χ1n) is 4.60. The van der Waals surface area contributed by atoms with Gasteiger partial charge < -0.3 is 6.74 Å². The van der Waals surface area contributed by atoms with E-state index in [0.29, 0.717) is 15.6 Å². The average molecular weight is 280 g/mol. The molecule has 1 amide bonds. The molecule has 0 unspecified atom stereocenters. The van der Waals surface area contributed by atoms with Gasteiger partial charge in [0.05, 0.1) is 5.54 Å². The van der Waals surface area contributed by atoms with Crippen LogP contribution in [0.4, 0.5) is 0 Å². The molecule has 0 aliphatic carbocycles. The summed E-state index contributed by atoms with van der Waals surface area (Å²) in [4.78, 5) is 11.8. The van der Waals surface area contributed by atoms with E-state index in [-0.39, 0.29) is 36.9 Å². The molecule has 86 valence electrons. The molecule has 2 nitrogen and oxygen atoms in total. The second-order valence-electron chi connectivity index (χ2n) is 3.88. The number of nitrogens with one attached hydrogen (secondary N) is 1. The summed E-state index contributed by atoms with van der Waals surface area (Å²) in [5, 5.41) is 3.51. The molecule has 1 N–H and O–H groups in total. The molecule has 17 heavy (non-hydrogen) atoms. The first-order chi connectivity index (χ1) is 7.34. The number of amides is 1. The van der Waals surface area contributed by atoms with Crippen molar-refractivity contribution >= 4 is 29.1 Å². The zero-order chi connectivity index (χ0) is 12.3. The number of halogens is 2. The van der Waals surface area contributed by atoms with Gasteiger partial charge in [-0.25, -0.2) is 0 Å². The van der Waals surface area contributed by atoms with Crippen LogP contribution in [-0.2, 0) is 0 Å². The Kier molecular flexibility index (Phi) is 6.61. The molecule has 5 heteroatoms. The van der Waals surface area contributed by atoms with E-state index >= 15 is 0 Å². The summed E-state index contributed by atoms with van der Waals surface area (Å²) >= 11 is 11.6. The zero-order valence-electron chi connectivity index (χ0n) is 11.0. The number of hydrogen-bond donors (Lipinski definition) is 1. The fourth-order valence-corrected chi connectivity index (χ4v) is 1.60. The molecule has 0 atom stereocenters. The van der Waals surface area contributed by atoms with Crippen molar-refractivity contribution in [3.05, 3.63) is 33.8 Å². The monoisotopic (exact) mass is 279 g/mol. The number of rotatable bonds is 2. The molecular weight excluding hydrogens is 268 g/mol. The minimum Gasteiger partial charge on any atom is -1.00 e. The van der Waals surface area contributed by atoms with E-state index in [1.54, 1.807) is 19.9 Å². The second-order valence-corrected chi connectivity index (χ2v) is 4.75. The maximum Gasteiger partial charge on any atom is 1.00 e. The quantitative estimate of drug-likeness (QED) is 0.611. The van der Waals surface area contributed by atoms with Crippen molar-refractivity contribution in [3.63, 3.8) is 0 Å². The van der Waals surface area contributed by atoms with Gasteiger partial charge in [0.25, 0.3) is 5.91 Å². The Morgan fingerprint density at radius 1 is 1.35 bits per heavy atom. The first kappa shape index (κ1) is 16.8. The van der Waals surface area contributed by atoms with E-state index in [9.17, 15) is 4.79 Å². The molecule has 0 radical (unpaired) electrons. The molecular formula is C12H12Cl2NNaO. The molecule has 0 aliphatic rings. The largest absolute Gasteiger partial charge is 1.00 e. The maximum atomic E-state index is 11.8. The van der Waals surface area contributed by atoms with Crippen molar-refractivity contribution in [3.8, 4) is 12.3 Å². The summed E-state index contributed by atoms with van der Waals surface area (Å²) in [5.41, 5.74) is -0.313. The summed E-state index contributed by atoms with van der Waals surface area (Å²) < 4.78 is 0. The van der Waals surface area contributed by atoms with Crippen LogP contribution in [0.3, 0.4) is 0 Å². The topological polar surface area (TPSA) is 29.1 Å². The van der Waals surface area contributed by atoms with Crippen LogP contribution >= 0.6 is 23.2 Å². The summed E-state index contributed by atoms with van der Waals surface area (Å²) in [6, 6.07) is 4.64. The molecule has 0 aromatic heterocycles. The molecule has 1 rings (SSSR count). The smallest absolute Gasteiger partial charge is 1.00 e. The number of hydrogen-bond acceptors (Lipinski definition) is 1. The van der Waals surface area contributed by atoms with Crippen molar-refractivity contribution in [1.82, 2.24) is 5.32 Å². The van der Waals surface area contributed by atoms with Gasteiger partial charge in [-0.3, -0.25) is 4.79 Å². The summed E-state index contributed by atoms with van der Waals surface area (Å²) in [7, 11) is 0. The third-order valence-corrected chi connectivity index (χ3v) is 2.35. The molecule has 0 bridgehead atoms. The Morgan fingerprint density at radius 2 is 1.82 bits per heavy atom.